The maximum atomic E-state index is 7.18. The van der Waals surface area contributed by atoms with Crippen LogP contribution in [0.2, 0.25) is 10.0 Å². The molecule has 0 saturated carbocycles. The maximum absolute atomic E-state index is 7.18. The van der Waals surface area contributed by atoms with E-state index in [1.165, 1.54) is 6.26 Å². The van der Waals surface area contributed by atoms with E-state index >= 15 is 0 Å². The van der Waals surface area contributed by atoms with Gasteiger partial charge in [0.15, 0.2) is 5.76 Å². The summed E-state index contributed by atoms with van der Waals surface area (Å²) < 4.78 is 10.5. The third-order valence-electron chi connectivity index (χ3n) is 9.89. The molecule has 0 amide bonds. The highest BCUT2D eigenvalue weighted by Crippen LogP contribution is 2.48. The second kappa shape index (κ2) is 17.6. The van der Waals surface area contributed by atoms with Gasteiger partial charge in [-0.3, -0.25) is 4.57 Å². The second-order valence-corrected chi connectivity index (χ2v) is 16.9. The Labute approximate surface area is 381 Å². The molecular weight excluding hydrogens is 882 g/mol. The summed E-state index contributed by atoms with van der Waals surface area (Å²) >= 11 is 30.8. The second-order valence-electron chi connectivity index (χ2n) is 13.8. The number of aromatic nitrogens is 4. The lowest BCUT2D eigenvalue weighted by Crippen LogP contribution is -2.31. The van der Waals surface area contributed by atoms with Gasteiger partial charge in [-0.25, -0.2) is 15.0 Å². The zero-order chi connectivity index (χ0) is 42.7. The highest BCUT2D eigenvalue weighted by molar-refractivity contribution is 6.66. The molecule has 8 nitrogen and oxygen atoms in total. The Morgan fingerprint density at radius 1 is 0.516 bits per heavy atom. The van der Waals surface area contributed by atoms with Gasteiger partial charge in [0.05, 0.1) is 39.1 Å². The summed E-state index contributed by atoms with van der Waals surface area (Å²) in [4.78, 5) is 16.8. The largest absolute Gasteiger partial charge is 0.459 e. The first-order valence-corrected chi connectivity index (χ1v) is 21.1. The van der Waals surface area contributed by atoms with E-state index < -0.39 is 9.58 Å². The highest BCUT2D eigenvalue weighted by Gasteiger charge is 2.46. The van der Waals surface area contributed by atoms with E-state index in [0.717, 1.165) is 50.6 Å². The number of furan rings is 1. The van der Waals surface area contributed by atoms with Crippen molar-refractivity contribution < 1.29 is 8.83 Å². The van der Waals surface area contributed by atoms with E-state index in [9.17, 15) is 0 Å². The number of rotatable bonds is 8. The molecule has 0 spiro atoms. The SMILES string of the molecule is ClC(Cl)(Cl)c1nnc(-c2ccco2)o1.Clc1ccccc1-c1nc(-c2ccccc2)c(-c2ccccc2)n1C1(c2ccccc2Cl)N=C(c2ccccc2)C(c2ccccc2)=N1. The molecule has 0 atom stereocenters. The van der Waals surface area contributed by atoms with Crippen LogP contribution < -0.4 is 0 Å². The molecule has 0 unspecified atom stereocenters. The first kappa shape index (κ1) is 41.1. The fraction of sp³-hybridized carbons (Fsp3) is 0.0408. The molecular formula is C49H31Cl5N6O2. The number of hydrogen-bond acceptors (Lipinski definition) is 7. The van der Waals surface area contributed by atoms with Crippen molar-refractivity contribution in [1.82, 2.24) is 19.7 Å². The van der Waals surface area contributed by atoms with Gasteiger partial charge in [-0.2, -0.15) is 0 Å². The van der Waals surface area contributed by atoms with Crippen molar-refractivity contribution in [1.29, 1.82) is 0 Å². The van der Waals surface area contributed by atoms with Gasteiger partial charge in [-0.15, -0.1) is 10.2 Å². The lowest BCUT2D eigenvalue weighted by molar-refractivity contribution is 0.409. The van der Waals surface area contributed by atoms with Crippen LogP contribution in [-0.2, 0) is 9.58 Å². The van der Waals surface area contributed by atoms with Gasteiger partial charge in [0.25, 0.3) is 21.4 Å². The van der Waals surface area contributed by atoms with Gasteiger partial charge < -0.3 is 8.83 Å². The summed E-state index contributed by atoms with van der Waals surface area (Å²) in [5.41, 5.74) is 8.38. The first-order valence-electron chi connectivity index (χ1n) is 19.2. The van der Waals surface area contributed by atoms with Crippen LogP contribution in [0.3, 0.4) is 0 Å². The molecule has 304 valence electrons. The minimum atomic E-state index is -1.71. The van der Waals surface area contributed by atoms with E-state index in [4.69, 9.17) is 81.8 Å². The Morgan fingerprint density at radius 2 is 1.03 bits per heavy atom. The predicted molar refractivity (Wildman–Crippen MR) is 249 cm³/mol. The molecule has 6 aromatic carbocycles. The average Bonchev–Trinajstić information content (AvgIpc) is 4.15. The van der Waals surface area contributed by atoms with Crippen molar-refractivity contribution >= 4 is 69.4 Å². The molecule has 10 rings (SSSR count). The number of halogens is 5. The van der Waals surface area contributed by atoms with Gasteiger partial charge in [-0.05, 0) is 30.3 Å². The zero-order valence-electron chi connectivity index (χ0n) is 32.3. The van der Waals surface area contributed by atoms with Crippen molar-refractivity contribution in [3.63, 3.8) is 0 Å². The van der Waals surface area contributed by atoms with E-state index in [1.807, 2.05) is 121 Å². The molecule has 13 heteroatoms. The van der Waals surface area contributed by atoms with Crippen LogP contribution in [0.5, 0.6) is 0 Å². The summed E-state index contributed by atoms with van der Waals surface area (Å²) in [7, 11) is 0. The topological polar surface area (TPSA) is 94.6 Å². The van der Waals surface area contributed by atoms with Crippen molar-refractivity contribution in [2.45, 2.75) is 9.58 Å². The van der Waals surface area contributed by atoms with Gasteiger partial charge in [0.1, 0.15) is 5.82 Å². The van der Waals surface area contributed by atoms with Crippen molar-refractivity contribution in [2.75, 3.05) is 0 Å². The molecule has 0 saturated heterocycles. The highest BCUT2D eigenvalue weighted by atomic mass is 35.6. The zero-order valence-corrected chi connectivity index (χ0v) is 36.1. The first-order chi connectivity index (χ1) is 30.2. The predicted octanol–water partition coefficient (Wildman–Crippen LogP) is 14.0. The van der Waals surface area contributed by atoms with E-state index in [1.54, 1.807) is 12.1 Å². The van der Waals surface area contributed by atoms with Gasteiger partial charge in [0.2, 0.25) is 0 Å². The van der Waals surface area contributed by atoms with E-state index in [-0.39, 0.29) is 11.8 Å². The summed E-state index contributed by atoms with van der Waals surface area (Å²) in [5.74, 6) is -0.273. The number of benzene rings is 6. The molecule has 4 heterocycles. The molecule has 0 bridgehead atoms. The third kappa shape index (κ3) is 8.11. The van der Waals surface area contributed by atoms with Crippen LogP contribution >= 0.6 is 58.0 Å². The van der Waals surface area contributed by atoms with Crippen LogP contribution in [0.25, 0.3) is 45.6 Å². The Morgan fingerprint density at radius 3 is 1.55 bits per heavy atom. The number of hydrogen-bond donors (Lipinski definition) is 0. The molecule has 0 radical (unpaired) electrons. The lowest BCUT2D eigenvalue weighted by atomic mass is 10.0. The number of imidazole rings is 1. The van der Waals surface area contributed by atoms with Crippen LogP contribution in [0.1, 0.15) is 22.6 Å². The molecule has 9 aromatic rings. The average molecular weight is 913 g/mol. The summed E-state index contributed by atoms with van der Waals surface area (Å²) in [6.07, 6.45) is 1.48. The molecule has 1 aliphatic heterocycles. The Kier molecular flexibility index (Phi) is 11.7. The Bertz CT molecular complexity index is 2960. The quantitative estimate of drug-likeness (QED) is 0.142. The standard InChI is InChI=1S/C42H28Cl2N4.C7H3Cl3N2O2/c43-35-27-15-13-25-33(35)41-45-39(31-21-9-3-10-22-31)40(32-23-11-4-12-24-32)48(41)42(34-26-14-16-28-36(34)44)46-37(29-17-5-1-6-18-29)38(47-42)30-19-7-2-8-20-30;8-7(9,10)6-12-11-5(14-6)4-2-1-3-13-4/h1-28H;1-3H. The van der Waals surface area contributed by atoms with Crippen LogP contribution in [0.4, 0.5) is 0 Å². The van der Waals surface area contributed by atoms with E-state index in [0.29, 0.717) is 27.2 Å². The number of alkyl halides is 3. The van der Waals surface area contributed by atoms with E-state index in [2.05, 4.69) is 63.3 Å². The van der Waals surface area contributed by atoms with Crippen molar-refractivity contribution in [3.05, 3.63) is 221 Å². The van der Waals surface area contributed by atoms with Crippen LogP contribution in [-0.4, -0.2) is 31.2 Å². The monoisotopic (exact) mass is 910 g/mol. The maximum Gasteiger partial charge on any atom is 0.283 e. The summed E-state index contributed by atoms with van der Waals surface area (Å²) in [6.45, 7) is 0. The Balaban J connectivity index is 0.000000297. The fourth-order valence-corrected chi connectivity index (χ4v) is 7.87. The summed E-state index contributed by atoms with van der Waals surface area (Å²) in [5, 5.41) is 8.33. The molecule has 62 heavy (non-hydrogen) atoms. The molecule has 3 aromatic heterocycles. The third-order valence-corrected chi connectivity index (χ3v) is 11.0. The Hall–Kier alpha value is -6.26. The molecule has 0 aliphatic carbocycles. The van der Waals surface area contributed by atoms with Gasteiger partial charge >= 0.3 is 0 Å². The molecule has 0 N–H and O–H groups in total. The molecule has 1 aliphatic rings. The normalized spacial score (nSPS) is 13.2. The van der Waals surface area contributed by atoms with Crippen molar-refractivity contribution in [3.8, 4) is 45.6 Å². The van der Waals surface area contributed by atoms with Crippen LogP contribution in [0, 0.1) is 0 Å². The number of aliphatic imine (C=N–C) groups is 2. The number of nitrogens with zero attached hydrogens (tertiary/aromatic N) is 6. The van der Waals surface area contributed by atoms with Crippen LogP contribution in [0.15, 0.2) is 207 Å². The molecule has 0 fully saturated rings. The van der Waals surface area contributed by atoms with Gasteiger partial charge in [-0.1, -0.05) is 210 Å². The summed E-state index contributed by atoms with van der Waals surface area (Å²) in [6, 6.07) is 59.7. The lowest BCUT2D eigenvalue weighted by Gasteiger charge is -2.30. The fourth-order valence-electron chi connectivity index (χ4n) is 7.16. The van der Waals surface area contributed by atoms with Gasteiger partial charge in [0, 0.05) is 33.4 Å². The minimum absolute atomic E-state index is 0.0890. The smallest absolute Gasteiger partial charge is 0.283 e. The minimum Gasteiger partial charge on any atom is -0.459 e. The van der Waals surface area contributed by atoms with Crippen molar-refractivity contribution in [2.24, 2.45) is 9.98 Å².